The SMILES string of the molecule is COCC(=O)N1CCC[C@H](c2cnc(-c3ccnn3C(C)C)cn2)C1. The highest BCUT2D eigenvalue weighted by Gasteiger charge is 2.25. The first-order valence-electron chi connectivity index (χ1n) is 8.72. The van der Waals surface area contributed by atoms with Crippen LogP contribution in [0.15, 0.2) is 24.7 Å². The minimum absolute atomic E-state index is 0.0395. The van der Waals surface area contributed by atoms with Gasteiger partial charge in [0.15, 0.2) is 0 Å². The molecule has 1 saturated heterocycles. The molecule has 0 saturated carbocycles. The zero-order valence-corrected chi connectivity index (χ0v) is 15.1. The molecule has 2 aromatic rings. The van der Waals surface area contributed by atoms with Gasteiger partial charge in [0, 0.05) is 44.6 Å². The van der Waals surface area contributed by atoms with E-state index in [2.05, 4.69) is 28.9 Å². The van der Waals surface area contributed by atoms with Gasteiger partial charge in [-0.3, -0.25) is 19.4 Å². The minimum Gasteiger partial charge on any atom is -0.375 e. The second kappa shape index (κ2) is 7.74. The molecule has 7 nitrogen and oxygen atoms in total. The van der Waals surface area contributed by atoms with Gasteiger partial charge in [0.1, 0.15) is 12.3 Å². The Bertz CT molecular complexity index is 711. The summed E-state index contributed by atoms with van der Waals surface area (Å²) < 4.78 is 6.90. The smallest absolute Gasteiger partial charge is 0.248 e. The van der Waals surface area contributed by atoms with Gasteiger partial charge in [-0.25, -0.2) is 0 Å². The van der Waals surface area contributed by atoms with Crippen molar-refractivity contribution in [1.82, 2.24) is 24.6 Å². The van der Waals surface area contributed by atoms with Crippen LogP contribution in [0.5, 0.6) is 0 Å². The Balaban J connectivity index is 1.74. The normalized spacial score (nSPS) is 17.9. The number of likely N-dealkylation sites (tertiary alicyclic amines) is 1. The van der Waals surface area contributed by atoms with Crippen molar-refractivity contribution < 1.29 is 9.53 Å². The molecule has 0 aliphatic carbocycles. The number of ether oxygens (including phenoxy) is 1. The highest BCUT2D eigenvalue weighted by molar-refractivity contribution is 5.77. The maximum atomic E-state index is 12.0. The van der Waals surface area contributed by atoms with Gasteiger partial charge in [-0.1, -0.05) is 0 Å². The van der Waals surface area contributed by atoms with Crippen LogP contribution in [0.3, 0.4) is 0 Å². The Morgan fingerprint density at radius 3 is 2.88 bits per heavy atom. The van der Waals surface area contributed by atoms with Gasteiger partial charge in [0.2, 0.25) is 5.91 Å². The quantitative estimate of drug-likeness (QED) is 0.833. The summed E-state index contributed by atoms with van der Waals surface area (Å²) in [4.78, 5) is 23.1. The largest absolute Gasteiger partial charge is 0.375 e. The molecular weight excluding hydrogens is 318 g/mol. The molecule has 0 N–H and O–H groups in total. The Morgan fingerprint density at radius 1 is 1.36 bits per heavy atom. The number of aromatic nitrogens is 4. The van der Waals surface area contributed by atoms with E-state index in [1.54, 1.807) is 19.5 Å². The molecule has 3 heterocycles. The third-order valence-electron chi connectivity index (χ3n) is 4.55. The molecular formula is C18H25N5O2. The van der Waals surface area contributed by atoms with Crippen LogP contribution >= 0.6 is 0 Å². The molecule has 1 aliphatic rings. The van der Waals surface area contributed by atoms with E-state index in [1.165, 1.54) is 0 Å². The lowest BCUT2D eigenvalue weighted by Crippen LogP contribution is -2.41. The molecule has 0 unspecified atom stereocenters. The van der Waals surface area contributed by atoms with Crippen molar-refractivity contribution in [3.63, 3.8) is 0 Å². The highest BCUT2D eigenvalue weighted by atomic mass is 16.5. The molecule has 0 spiro atoms. The first-order valence-corrected chi connectivity index (χ1v) is 8.72. The fourth-order valence-electron chi connectivity index (χ4n) is 3.27. The number of methoxy groups -OCH3 is 1. The second-order valence-corrected chi connectivity index (χ2v) is 6.69. The van der Waals surface area contributed by atoms with Crippen LogP contribution in [0.25, 0.3) is 11.4 Å². The molecule has 134 valence electrons. The van der Waals surface area contributed by atoms with E-state index in [1.807, 2.05) is 21.8 Å². The lowest BCUT2D eigenvalue weighted by Gasteiger charge is -2.32. The first kappa shape index (κ1) is 17.5. The summed E-state index contributed by atoms with van der Waals surface area (Å²) in [6.45, 7) is 5.78. The minimum atomic E-state index is 0.0395. The molecule has 3 rings (SSSR count). The maximum absolute atomic E-state index is 12.0. The molecule has 2 aromatic heterocycles. The Kier molecular flexibility index (Phi) is 5.43. The van der Waals surface area contributed by atoms with E-state index in [-0.39, 0.29) is 24.5 Å². The van der Waals surface area contributed by atoms with E-state index in [0.717, 1.165) is 36.5 Å². The van der Waals surface area contributed by atoms with Crippen LogP contribution in [-0.4, -0.2) is 57.4 Å². The Labute approximate surface area is 148 Å². The third kappa shape index (κ3) is 3.87. The van der Waals surface area contributed by atoms with Gasteiger partial charge in [-0.15, -0.1) is 0 Å². The molecule has 1 fully saturated rings. The second-order valence-electron chi connectivity index (χ2n) is 6.69. The topological polar surface area (TPSA) is 73.1 Å². The number of nitrogens with zero attached hydrogens (tertiary/aromatic N) is 5. The van der Waals surface area contributed by atoms with Gasteiger partial charge in [-0.05, 0) is 32.8 Å². The fourth-order valence-corrected chi connectivity index (χ4v) is 3.27. The monoisotopic (exact) mass is 343 g/mol. The third-order valence-corrected chi connectivity index (χ3v) is 4.55. The number of hydrogen-bond donors (Lipinski definition) is 0. The summed E-state index contributed by atoms with van der Waals surface area (Å²) in [5.74, 6) is 0.267. The standard InChI is InChI=1S/C18H25N5O2/c1-13(2)23-17(6-7-21-23)16-10-19-15(9-20-16)14-5-4-8-22(11-14)18(24)12-25-3/h6-7,9-10,13-14H,4-5,8,11-12H2,1-3H3/t14-/m0/s1. The summed E-state index contributed by atoms with van der Waals surface area (Å²) in [5.41, 5.74) is 2.72. The molecule has 1 atom stereocenters. The van der Waals surface area contributed by atoms with Gasteiger partial charge < -0.3 is 9.64 Å². The van der Waals surface area contributed by atoms with E-state index in [9.17, 15) is 4.79 Å². The molecule has 1 amide bonds. The van der Waals surface area contributed by atoms with Crippen LogP contribution in [0.2, 0.25) is 0 Å². The van der Waals surface area contributed by atoms with Crippen molar-refractivity contribution >= 4 is 5.91 Å². The highest BCUT2D eigenvalue weighted by Crippen LogP contribution is 2.26. The predicted octanol–water partition coefficient (Wildman–Crippen LogP) is 2.27. The lowest BCUT2D eigenvalue weighted by molar-refractivity contribution is -0.136. The van der Waals surface area contributed by atoms with Crippen molar-refractivity contribution in [3.8, 4) is 11.4 Å². The number of carbonyl (C=O) groups is 1. The molecule has 0 aromatic carbocycles. The summed E-state index contributed by atoms with van der Waals surface area (Å²) in [5, 5.41) is 4.34. The molecule has 25 heavy (non-hydrogen) atoms. The van der Waals surface area contributed by atoms with Gasteiger partial charge in [-0.2, -0.15) is 5.10 Å². The van der Waals surface area contributed by atoms with Gasteiger partial charge >= 0.3 is 0 Å². The van der Waals surface area contributed by atoms with Crippen LogP contribution in [-0.2, 0) is 9.53 Å². The van der Waals surface area contributed by atoms with E-state index >= 15 is 0 Å². The summed E-state index contributed by atoms with van der Waals surface area (Å²) >= 11 is 0. The average Bonchev–Trinajstić information content (AvgIpc) is 3.12. The zero-order chi connectivity index (χ0) is 17.8. The Morgan fingerprint density at radius 2 is 2.20 bits per heavy atom. The number of piperidine rings is 1. The molecule has 1 aliphatic heterocycles. The molecule has 0 bridgehead atoms. The summed E-state index contributed by atoms with van der Waals surface area (Å²) in [7, 11) is 1.55. The molecule has 7 heteroatoms. The number of carbonyl (C=O) groups excluding carboxylic acids is 1. The van der Waals surface area contributed by atoms with Crippen LogP contribution in [0, 0.1) is 0 Å². The van der Waals surface area contributed by atoms with Crippen molar-refractivity contribution in [2.75, 3.05) is 26.8 Å². The average molecular weight is 343 g/mol. The lowest BCUT2D eigenvalue weighted by atomic mass is 9.95. The van der Waals surface area contributed by atoms with Crippen molar-refractivity contribution in [2.45, 2.75) is 38.6 Å². The first-order chi connectivity index (χ1) is 12.1. The zero-order valence-electron chi connectivity index (χ0n) is 15.1. The van der Waals surface area contributed by atoms with Crippen molar-refractivity contribution in [1.29, 1.82) is 0 Å². The van der Waals surface area contributed by atoms with Gasteiger partial charge in [0.05, 0.1) is 17.6 Å². The molecule has 0 radical (unpaired) electrons. The summed E-state index contributed by atoms with van der Waals surface area (Å²) in [6, 6.07) is 2.22. The maximum Gasteiger partial charge on any atom is 0.248 e. The van der Waals surface area contributed by atoms with Crippen LogP contribution < -0.4 is 0 Å². The Hall–Kier alpha value is -2.28. The van der Waals surface area contributed by atoms with Gasteiger partial charge in [0.25, 0.3) is 0 Å². The van der Waals surface area contributed by atoms with E-state index in [4.69, 9.17) is 4.74 Å². The predicted molar refractivity (Wildman–Crippen MR) is 94.1 cm³/mol. The van der Waals surface area contributed by atoms with Crippen LogP contribution in [0.1, 0.15) is 44.3 Å². The number of rotatable bonds is 5. The van der Waals surface area contributed by atoms with Crippen molar-refractivity contribution in [3.05, 3.63) is 30.4 Å². The van der Waals surface area contributed by atoms with Crippen LogP contribution in [0.4, 0.5) is 0 Å². The number of hydrogen-bond acceptors (Lipinski definition) is 5. The van der Waals surface area contributed by atoms with E-state index in [0.29, 0.717) is 6.54 Å². The summed E-state index contributed by atoms with van der Waals surface area (Å²) in [6.07, 6.45) is 7.42. The number of amides is 1. The fraction of sp³-hybridized carbons (Fsp3) is 0.556. The van der Waals surface area contributed by atoms with E-state index < -0.39 is 0 Å². The van der Waals surface area contributed by atoms with Crippen molar-refractivity contribution in [2.24, 2.45) is 0 Å².